The molecular formula is C19H14F3N3O3. The zero-order valence-electron chi connectivity index (χ0n) is 14.3. The molecule has 1 unspecified atom stereocenters. The van der Waals surface area contributed by atoms with Gasteiger partial charge < -0.3 is 15.2 Å². The Morgan fingerprint density at radius 2 is 1.93 bits per heavy atom. The number of amides is 1. The van der Waals surface area contributed by atoms with Crippen molar-refractivity contribution in [1.82, 2.24) is 9.55 Å². The first-order chi connectivity index (χ1) is 13.3. The van der Waals surface area contributed by atoms with Gasteiger partial charge in [-0.1, -0.05) is 12.1 Å². The van der Waals surface area contributed by atoms with Crippen LogP contribution >= 0.6 is 0 Å². The van der Waals surface area contributed by atoms with Crippen molar-refractivity contribution >= 4 is 11.7 Å². The zero-order chi connectivity index (χ0) is 19.9. The summed E-state index contributed by atoms with van der Waals surface area (Å²) in [7, 11) is 0. The lowest BCUT2D eigenvalue weighted by molar-refractivity contribution is -0.274. The van der Waals surface area contributed by atoms with Gasteiger partial charge in [0.2, 0.25) is 5.91 Å². The van der Waals surface area contributed by atoms with E-state index in [2.05, 4.69) is 15.0 Å². The van der Waals surface area contributed by atoms with E-state index in [1.54, 1.807) is 22.8 Å². The van der Waals surface area contributed by atoms with E-state index < -0.39 is 6.36 Å². The van der Waals surface area contributed by atoms with E-state index >= 15 is 0 Å². The van der Waals surface area contributed by atoms with Crippen molar-refractivity contribution in [2.45, 2.75) is 18.7 Å². The number of phenols is 1. The van der Waals surface area contributed by atoms with Crippen LogP contribution < -0.4 is 10.1 Å². The number of phenolic OH excluding ortho intramolecular Hbond substituents is 1. The van der Waals surface area contributed by atoms with E-state index in [1.807, 2.05) is 0 Å². The highest BCUT2D eigenvalue weighted by molar-refractivity contribution is 5.94. The van der Waals surface area contributed by atoms with E-state index in [-0.39, 0.29) is 29.7 Å². The van der Waals surface area contributed by atoms with Crippen LogP contribution in [0.25, 0.3) is 5.69 Å². The molecule has 9 heteroatoms. The summed E-state index contributed by atoms with van der Waals surface area (Å²) < 4.78 is 42.4. The highest BCUT2D eigenvalue weighted by atomic mass is 19.4. The van der Waals surface area contributed by atoms with Crippen LogP contribution in [-0.4, -0.2) is 26.9 Å². The number of nitrogens with zero attached hydrogens (tertiary/aromatic N) is 2. The summed E-state index contributed by atoms with van der Waals surface area (Å²) >= 11 is 0. The third kappa shape index (κ3) is 3.51. The van der Waals surface area contributed by atoms with E-state index in [0.717, 1.165) is 5.56 Å². The molecule has 2 N–H and O–H groups in total. The van der Waals surface area contributed by atoms with Gasteiger partial charge in [-0.15, -0.1) is 13.2 Å². The van der Waals surface area contributed by atoms with Gasteiger partial charge in [-0.3, -0.25) is 9.36 Å². The Kier molecular flexibility index (Phi) is 4.21. The number of anilines is 1. The average Bonchev–Trinajstić information content (AvgIpc) is 3.04. The van der Waals surface area contributed by atoms with Gasteiger partial charge in [-0.2, -0.15) is 0 Å². The zero-order valence-corrected chi connectivity index (χ0v) is 14.3. The minimum absolute atomic E-state index is 0.0877. The number of hydrogen-bond acceptors (Lipinski definition) is 4. The van der Waals surface area contributed by atoms with E-state index in [4.69, 9.17) is 0 Å². The largest absolute Gasteiger partial charge is 0.573 e. The Hall–Kier alpha value is -3.49. The Bertz CT molecular complexity index is 1030. The van der Waals surface area contributed by atoms with Crippen LogP contribution in [0.2, 0.25) is 0 Å². The first-order valence-electron chi connectivity index (χ1n) is 8.32. The number of aromatic hydroxyl groups is 1. The Morgan fingerprint density at radius 3 is 2.61 bits per heavy atom. The van der Waals surface area contributed by atoms with Crippen molar-refractivity contribution in [1.29, 1.82) is 0 Å². The fraction of sp³-hybridized carbons (Fsp3) is 0.158. The number of hydrogen-bond donors (Lipinski definition) is 2. The van der Waals surface area contributed by atoms with Crippen LogP contribution in [0.4, 0.5) is 19.0 Å². The summed E-state index contributed by atoms with van der Waals surface area (Å²) in [6, 6.07) is 11.9. The molecule has 4 rings (SSSR count). The predicted molar refractivity (Wildman–Crippen MR) is 93.4 cm³/mol. The number of carbonyl (C=O) groups is 1. The molecule has 2 aromatic carbocycles. The van der Waals surface area contributed by atoms with Crippen molar-refractivity contribution in [3.63, 3.8) is 0 Å². The molecule has 0 aliphatic carbocycles. The molecule has 1 atom stereocenters. The number of benzene rings is 2. The molecule has 3 aromatic rings. The molecule has 0 saturated heterocycles. The Morgan fingerprint density at radius 1 is 1.18 bits per heavy atom. The summed E-state index contributed by atoms with van der Waals surface area (Å²) in [6.07, 6.45) is -3.10. The Balaban J connectivity index is 1.69. The fourth-order valence-corrected chi connectivity index (χ4v) is 3.23. The molecule has 0 radical (unpaired) electrons. The van der Waals surface area contributed by atoms with Gasteiger partial charge in [0.15, 0.2) is 0 Å². The monoisotopic (exact) mass is 389 g/mol. The number of nitrogens with one attached hydrogen (secondary N) is 1. The summed E-state index contributed by atoms with van der Waals surface area (Å²) in [6.45, 7) is 0. The van der Waals surface area contributed by atoms with Gasteiger partial charge in [0, 0.05) is 18.0 Å². The van der Waals surface area contributed by atoms with Crippen LogP contribution in [0.3, 0.4) is 0 Å². The number of fused-ring (bicyclic) bond motifs is 1. The van der Waals surface area contributed by atoms with Gasteiger partial charge in [0.05, 0.1) is 5.69 Å². The van der Waals surface area contributed by atoms with Crippen LogP contribution in [0.15, 0.2) is 54.9 Å². The van der Waals surface area contributed by atoms with E-state index in [0.29, 0.717) is 17.2 Å². The summed E-state index contributed by atoms with van der Waals surface area (Å²) in [4.78, 5) is 16.6. The van der Waals surface area contributed by atoms with Gasteiger partial charge >= 0.3 is 6.36 Å². The van der Waals surface area contributed by atoms with Crippen molar-refractivity contribution in [3.8, 4) is 17.2 Å². The second-order valence-electron chi connectivity index (χ2n) is 6.29. The molecule has 6 nitrogen and oxygen atoms in total. The fourth-order valence-electron chi connectivity index (χ4n) is 3.23. The quantitative estimate of drug-likeness (QED) is 0.711. The Labute approximate surface area is 157 Å². The van der Waals surface area contributed by atoms with Crippen molar-refractivity contribution < 1.29 is 27.8 Å². The number of halogens is 3. The number of carbonyl (C=O) groups excluding carboxylic acids is 1. The SMILES string of the molecule is O=C1CC(c2cccc(O)c2)c2ncn(-c3ccc(OC(F)(F)F)cc3)c2N1. The summed E-state index contributed by atoms with van der Waals surface area (Å²) in [5, 5.41) is 12.5. The van der Waals surface area contributed by atoms with E-state index in [9.17, 15) is 23.1 Å². The highest BCUT2D eigenvalue weighted by Crippen LogP contribution is 2.38. The lowest BCUT2D eigenvalue weighted by Gasteiger charge is -2.23. The second-order valence-corrected chi connectivity index (χ2v) is 6.29. The van der Waals surface area contributed by atoms with Crippen molar-refractivity contribution in [2.75, 3.05) is 5.32 Å². The molecule has 1 amide bonds. The molecule has 1 aliphatic heterocycles. The maximum atomic E-state index is 12.3. The van der Waals surface area contributed by atoms with Crippen molar-refractivity contribution in [3.05, 3.63) is 66.1 Å². The molecule has 0 saturated carbocycles. The topological polar surface area (TPSA) is 76.4 Å². The number of ether oxygens (including phenoxy) is 1. The first kappa shape index (κ1) is 17.9. The van der Waals surface area contributed by atoms with Gasteiger partial charge in [-0.05, 0) is 42.0 Å². The third-order valence-corrected chi connectivity index (χ3v) is 4.39. The molecule has 144 valence electrons. The molecule has 0 spiro atoms. The predicted octanol–water partition coefficient (Wildman–Crippen LogP) is 3.95. The average molecular weight is 389 g/mol. The third-order valence-electron chi connectivity index (χ3n) is 4.39. The molecule has 2 heterocycles. The molecule has 1 aliphatic rings. The number of imidazole rings is 1. The molecular weight excluding hydrogens is 375 g/mol. The molecule has 0 fully saturated rings. The second kappa shape index (κ2) is 6.59. The van der Waals surface area contributed by atoms with Gasteiger partial charge in [-0.25, -0.2) is 4.98 Å². The first-order valence-corrected chi connectivity index (χ1v) is 8.32. The molecule has 28 heavy (non-hydrogen) atoms. The maximum absolute atomic E-state index is 12.3. The smallest absolute Gasteiger partial charge is 0.508 e. The summed E-state index contributed by atoms with van der Waals surface area (Å²) in [5.74, 6) is -0.379. The molecule has 1 aromatic heterocycles. The molecule has 0 bridgehead atoms. The lowest BCUT2D eigenvalue weighted by atomic mass is 9.90. The van der Waals surface area contributed by atoms with Gasteiger partial charge in [0.1, 0.15) is 23.6 Å². The van der Waals surface area contributed by atoms with E-state index in [1.165, 1.54) is 36.7 Å². The van der Waals surface area contributed by atoms with Crippen LogP contribution in [0.1, 0.15) is 23.6 Å². The van der Waals surface area contributed by atoms with Crippen LogP contribution in [0, 0.1) is 0 Å². The summed E-state index contributed by atoms with van der Waals surface area (Å²) in [5.41, 5.74) is 1.87. The van der Waals surface area contributed by atoms with Crippen LogP contribution in [-0.2, 0) is 4.79 Å². The maximum Gasteiger partial charge on any atom is 0.573 e. The van der Waals surface area contributed by atoms with Crippen LogP contribution in [0.5, 0.6) is 11.5 Å². The number of aromatic nitrogens is 2. The van der Waals surface area contributed by atoms with Crippen molar-refractivity contribution in [2.24, 2.45) is 0 Å². The van der Waals surface area contributed by atoms with Gasteiger partial charge in [0.25, 0.3) is 0 Å². The standard InChI is InChI=1S/C19H14F3N3O3/c20-19(21,22)28-14-6-4-12(5-7-14)25-10-23-17-15(9-16(27)24-18(17)25)11-2-1-3-13(26)8-11/h1-8,10,15,26H,9H2,(H,24,27). The highest BCUT2D eigenvalue weighted by Gasteiger charge is 2.32. The normalized spacial score (nSPS) is 16.4. The number of alkyl halides is 3. The minimum atomic E-state index is -4.77. The lowest BCUT2D eigenvalue weighted by Crippen LogP contribution is -2.24. The minimum Gasteiger partial charge on any atom is -0.508 e. The number of rotatable bonds is 3.